The van der Waals surface area contributed by atoms with Gasteiger partial charge in [0.25, 0.3) is 11.6 Å². The lowest BCUT2D eigenvalue weighted by Gasteiger charge is -2.19. The molecule has 2 aromatic rings. The highest BCUT2D eigenvalue weighted by molar-refractivity contribution is 5.95. The van der Waals surface area contributed by atoms with Crippen molar-refractivity contribution < 1.29 is 9.72 Å². The van der Waals surface area contributed by atoms with Crippen molar-refractivity contribution in [1.29, 1.82) is 0 Å². The van der Waals surface area contributed by atoms with Gasteiger partial charge in [0.15, 0.2) is 0 Å². The van der Waals surface area contributed by atoms with Gasteiger partial charge in [-0.1, -0.05) is 17.7 Å². The van der Waals surface area contributed by atoms with Gasteiger partial charge in [-0.05, 0) is 38.0 Å². The highest BCUT2D eigenvalue weighted by atomic mass is 16.6. The molecule has 0 unspecified atom stereocenters. The number of amides is 1. The summed E-state index contributed by atoms with van der Waals surface area (Å²) in [6, 6.07) is 11.9. The standard InChI is InChI=1S/C19H20N4O3/c1-14-4-6-15(7-5-14)19(24)21-20-13-16-12-17(23(25)26)8-9-18(16)22-10-2-3-11-22/h4-9,12-13H,2-3,10-11H2,1H3,(H,21,24)/b20-13-. The number of nitrogens with one attached hydrogen (secondary N) is 1. The Kier molecular flexibility index (Phi) is 5.26. The van der Waals surface area contributed by atoms with Crippen LogP contribution in [0, 0.1) is 17.0 Å². The summed E-state index contributed by atoms with van der Waals surface area (Å²) >= 11 is 0. The van der Waals surface area contributed by atoms with Crippen LogP contribution in [0.2, 0.25) is 0 Å². The van der Waals surface area contributed by atoms with E-state index < -0.39 is 4.92 Å². The van der Waals surface area contributed by atoms with Crippen molar-refractivity contribution in [2.24, 2.45) is 5.10 Å². The molecule has 1 saturated heterocycles. The Hall–Kier alpha value is -3.22. The molecule has 7 nitrogen and oxygen atoms in total. The second-order valence-corrected chi connectivity index (χ2v) is 6.26. The molecule has 0 atom stereocenters. The smallest absolute Gasteiger partial charge is 0.271 e. The Morgan fingerprint density at radius 2 is 1.88 bits per heavy atom. The normalized spacial score (nSPS) is 14.0. The van der Waals surface area contributed by atoms with Crippen LogP contribution in [0.4, 0.5) is 11.4 Å². The first-order valence-corrected chi connectivity index (χ1v) is 8.48. The van der Waals surface area contributed by atoms with Gasteiger partial charge in [-0.2, -0.15) is 5.10 Å². The molecular formula is C19H20N4O3. The van der Waals surface area contributed by atoms with Crippen molar-refractivity contribution in [1.82, 2.24) is 5.43 Å². The van der Waals surface area contributed by atoms with Gasteiger partial charge < -0.3 is 4.90 Å². The van der Waals surface area contributed by atoms with Gasteiger partial charge >= 0.3 is 0 Å². The Bertz CT molecular complexity index is 840. The molecule has 0 saturated carbocycles. The van der Waals surface area contributed by atoms with E-state index in [1.165, 1.54) is 18.3 Å². The van der Waals surface area contributed by atoms with E-state index in [0.717, 1.165) is 37.2 Å². The van der Waals surface area contributed by atoms with Crippen molar-refractivity contribution in [2.75, 3.05) is 18.0 Å². The zero-order valence-corrected chi connectivity index (χ0v) is 14.5. The second kappa shape index (κ2) is 7.77. The van der Waals surface area contributed by atoms with E-state index in [9.17, 15) is 14.9 Å². The number of carbonyl (C=O) groups excluding carboxylic acids is 1. The molecule has 0 spiro atoms. The monoisotopic (exact) mass is 352 g/mol. The maximum absolute atomic E-state index is 12.1. The lowest BCUT2D eigenvalue weighted by atomic mass is 10.1. The third kappa shape index (κ3) is 4.05. The summed E-state index contributed by atoms with van der Waals surface area (Å²) < 4.78 is 0. The first kappa shape index (κ1) is 17.6. The topological polar surface area (TPSA) is 87.8 Å². The lowest BCUT2D eigenvalue weighted by Crippen LogP contribution is -2.20. The third-order valence-corrected chi connectivity index (χ3v) is 4.35. The van der Waals surface area contributed by atoms with Crippen LogP contribution in [-0.4, -0.2) is 30.1 Å². The molecule has 1 amide bonds. The van der Waals surface area contributed by atoms with Crippen LogP contribution in [0.5, 0.6) is 0 Å². The second-order valence-electron chi connectivity index (χ2n) is 6.26. The third-order valence-electron chi connectivity index (χ3n) is 4.35. The molecule has 7 heteroatoms. The number of anilines is 1. The van der Waals surface area contributed by atoms with Gasteiger partial charge in [0, 0.05) is 42.0 Å². The predicted octanol–water partition coefficient (Wildman–Crippen LogP) is 3.27. The summed E-state index contributed by atoms with van der Waals surface area (Å²) in [6.07, 6.45) is 3.65. The number of hydrogen-bond donors (Lipinski definition) is 1. The Labute approximate surface area is 151 Å². The number of nitro groups is 1. The molecule has 1 heterocycles. The van der Waals surface area contributed by atoms with E-state index in [1.54, 1.807) is 18.2 Å². The summed E-state index contributed by atoms with van der Waals surface area (Å²) in [5.74, 6) is -0.325. The maximum atomic E-state index is 12.1. The summed E-state index contributed by atoms with van der Waals surface area (Å²) in [4.78, 5) is 24.9. The van der Waals surface area contributed by atoms with Gasteiger partial charge in [-0.15, -0.1) is 0 Å². The molecule has 1 aliphatic rings. The van der Waals surface area contributed by atoms with Crippen LogP contribution in [0.1, 0.15) is 34.3 Å². The molecule has 1 fully saturated rings. The Morgan fingerprint density at radius 3 is 2.54 bits per heavy atom. The molecule has 2 aromatic carbocycles. The molecule has 0 bridgehead atoms. The molecule has 0 radical (unpaired) electrons. The van der Waals surface area contributed by atoms with Gasteiger partial charge in [-0.3, -0.25) is 14.9 Å². The van der Waals surface area contributed by atoms with Crippen LogP contribution in [0.25, 0.3) is 0 Å². The van der Waals surface area contributed by atoms with Crippen molar-refractivity contribution in [3.05, 3.63) is 69.3 Å². The average Bonchev–Trinajstić information content (AvgIpc) is 3.16. The molecule has 1 N–H and O–H groups in total. The first-order chi connectivity index (χ1) is 12.5. The van der Waals surface area contributed by atoms with Crippen molar-refractivity contribution in [3.8, 4) is 0 Å². The fraction of sp³-hybridized carbons (Fsp3) is 0.263. The van der Waals surface area contributed by atoms with Crippen LogP contribution >= 0.6 is 0 Å². The predicted molar refractivity (Wildman–Crippen MR) is 101 cm³/mol. The number of benzene rings is 2. The number of nitro benzene ring substituents is 1. The molecule has 0 aliphatic carbocycles. The van der Waals surface area contributed by atoms with Crippen molar-refractivity contribution in [2.45, 2.75) is 19.8 Å². The Morgan fingerprint density at radius 1 is 1.19 bits per heavy atom. The number of non-ortho nitro benzene ring substituents is 1. The van der Waals surface area contributed by atoms with Crippen molar-refractivity contribution >= 4 is 23.5 Å². The summed E-state index contributed by atoms with van der Waals surface area (Å²) in [7, 11) is 0. The highest BCUT2D eigenvalue weighted by Gasteiger charge is 2.18. The number of rotatable bonds is 5. The molecular weight excluding hydrogens is 332 g/mol. The molecule has 26 heavy (non-hydrogen) atoms. The SMILES string of the molecule is Cc1ccc(C(=O)N/N=C\c2cc([N+](=O)[O-])ccc2N2CCCC2)cc1. The lowest BCUT2D eigenvalue weighted by molar-refractivity contribution is -0.384. The first-order valence-electron chi connectivity index (χ1n) is 8.48. The fourth-order valence-electron chi connectivity index (χ4n) is 2.93. The maximum Gasteiger partial charge on any atom is 0.271 e. The number of aryl methyl sites for hydroxylation is 1. The number of hydrogen-bond acceptors (Lipinski definition) is 5. The van der Waals surface area contributed by atoms with Gasteiger partial charge in [-0.25, -0.2) is 5.43 Å². The zero-order valence-electron chi connectivity index (χ0n) is 14.5. The fourth-order valence-corrected chi connectivity index (χ4v) is 2.93. The zero-order chi connectivity index (χ0) is 18.5. The Balaban J connectivity index is 1.79. The quantitative estimate of drug-likeness (QED) is 0.508. The molecule has 0 aromatic heterocycles. The largest absolute Gasteiger partial charge is 0.371 e. The van der Waals surface area contributed by atoms with Crippen molar-refractivity contribution in [3.63, 3.8) is 0 Å². The average molecular weight is 352 g/mol. The highest BCUT2D eigenvalue weighted by Crippen LogP contribution is 2.27. The molecule has 3 rings (SSSR count). The minimum atomic E-state index is -0.435. The van der Waals surface area contributed by atoms with Gasteiger partial charge in [0.2, 0.25) is 0 Å². The van der Waals surface area contributed by atoms with Crippen LogP contribution in [0.3, 0.4) is 0 Å². The number of carbonyl (C=O) groups is 1. The minimum Gasteiger partial charge on any atom is -0.371 e. The summed E-state index contributed by atoms with van der Waals surface area (Å²) in [5.41, 5.74) is 5.55. The van der Waals surface area contributed by atoms with E-state index in [0.29, 0.717) is 11.1 Å². The summed E-state index contributed by atoms with van der Waals surface area (Å²) in [5, 5.41) is 15.1. The van der Waals surface area contributed by atoms with Crippen LogP contribution < -0.4 is 10.3 Å². The number of hydrazone groups is 1. The van der Waals surface area contributed by atoms with E-state index >= 15 is 0 Å². The van der Waals surface area contributed by atoms with E-state index in [2.05, 4.69) is 15.4 Å². The molecule has 134 valence electrons. The van der Waals surface area contributed by atoms with E-state index in [1.807, 2.05) is 19.1 Å². The van der Waals surface area contributed by atoms with Gasteiger partial charge in [0.1, 0.15) is 0 Å². The minimum absolute atomic E-state index is 0.000687. The number of nitrogens with zero attached hydrogens (tertiary/aromatic N) is 3. The van der Waals surface area contributed by atoms with Crippen LogP contribution in [0.15, 0.2) is 47.6 Å². The van der Waals surface area contributed by atoms with Crippen LogP contribution in [-0.2, 0) is 0 Å². The van der Waals surface area contributed by atoms with Gasteiger partial charge in [0.05, 0.1) is 11.1 Å². The van der Waals surface area contributed by atoms with E-state index in [4.69, 9.17) is 0 Å². The molecule has 1 aliphatic heterocycles. The van der Waals surface area contributed by atoms with E-state index in [-0.39, 0.29) is 11.6 Å². The summed E-state index contributed by atoms with van der Waals surface area (Å²) in [6.45, 7) is 3.77.